The molecular weight excluding hydrogens is 440 g/mol. The summed E-state index contributed by atoms with van der Waals surface area (Å²) in [6, 6.07) is 16.0. The summed E-state index contributed by atoms with van der Waals surface area (Å²) in [4.78, 5) is 26.9. The number of morpholine rings is 1. The molecule has 0 spiro atoms. The number of rotatable bonds is 4. The minimum Gasteiger partial charge on any atom is -0.381 e. The number of para-hydroxylation sites is 1. The topological polar surface area (TPSA) is 75.5 Å². The highest BCUT2D eigenvalue weighted by molar-refractivity contribution is 5.85. The number of hydrogen-bond acceptors (Lipinski definition) is 7. The first-order chi connectivity index (χ1) is 17.6. The molecule has 6 rings (SSSR count). The van der Waals surface area contributed by atoms with Gasteiger partial charge in [0, 0.05) is 44.3 Å². The van der Waals surface area contributed by atoms with Gasteiger partial charge in [0.15, 0.2) is 5.65 Å². The van der Waals surface area contributed by atoms with Gasteiger partial charge >= 0.3 is 0 Å². The summed E-state index contributed by atoms with van der Waals surface area (Å²) in [5, 5.41) is 4.18. The third-order valence-corrected chi connectivity index (χ3v) is 6.78. The van der Waals surface area contributed by atoms with Gasteiger partial charge in [-0.25, -0.2) is 9.97 Å². The van der Waals surface area contributed by atoms with Crippen molar-refractivity contribution in [2.24, 2.45) is 0 Å². The molecule has 2 aromatic heterocycles. The van der Waals surface area contributed by atoms with Gasteiger partial charge in [-0.15, -0.1) is 0 Å². The van der Waals surface area contributed by atoms with Gasteiger partial charge in [-0.1, -0.05) is 24.3 Å². The van der Waals surface area contributed by atoms with Gasteiger partial charge in [-0.05, 0) is 42.3 Å². The third-order valence-electron chi connectivity index (χ3n) is 6.78. The lowest BCUT2D eigenvalue weighted by Gasteiger charge is -2.33. The Morgan fingerprint density at radius 3 is 2.74 bits per heavy atom. The van der Waals surface area contributed by atoms with Crippen molar-refractivity contribution in [3.63, 3.8) is 0 Å². The molecule has 0 bridgehead atoms. The Balaban J connectivity index is 1.46. The third kappa shape index (κ3) is 4.05. The Kier molecular flexibility index (Phi) is 5.37. The molecule has 0 radical (unpaired) electrons. The highest BCUT2D eigenvalue weighted by Gasteiger charge is 2.24. The van der Waals surface area contributed by atoms with Crippen LogP contribution in [-0.4, -0.2) is 58.8 Å². The number of pyridine rings is 1. The van der Waals surface area contributed by atoms with Crippen LogP contribution in [0, 0.1) is 6.92 Å². The van der Waals surface area contributed by atoms with Crippen LogP contribution in [0.2, 0.25) is 0 Å². The number of fused-ring (bicyclic) bond motifs is 2. The van der Waals surface area contributed by atoms with Crippen LogP contribution in [0.3, 0.4) is 0 Å². The molecule has 0 atom stereocenters. The first-order valence-electron chi connectivity index (χ1n) is 12.5. The van der Waals surface area contributed by atoms with Gasteiger partial charge in [0.25, 0.3) is 5.56 Å². The average Bonchev–Trinajstić information content (AvgIpc) is 2.90. The molecule has 178 valence electrons. The molecule has 35 heavy (non-hydrogen) atoms. The second-order valence-electron chi connectivity index (χ2n) is 9.02. The van der Waals surface area contributed by atoms with Gasteiger partial charge in [0.05, 0.1) is 30.3 Å². The Hall–Kier alpha value is -3.75. The van der Waals surface area contributed by atoms with E-state index in [1.165, 1.54) is 5.56 Å². The van der Waals surface area contributed by atoms with E-state index in [0.29, 0.717) is 23.3 Å². The van der Waals surface area contributed by atoms with Crippen molar-refractivity contribution in [3.05, 3.63) is 82.5 Å². The summed E-state index contributed by atoms with van der Waals surface area (Å²) in [5.74, 6) is 0. The normalized spacial score (nSPS) is 16.6. The van der Waals surface area contributed by atoms with E-state index >= 15 is 0 Å². The highest BCUT2D eigenvalue weighted by Crippen LogP contribution is 2.36. The van der Waals surface area contributed by atoms with Crippen molar-refractivity contribution in [1.29, 1.82) is 0 Å². The fourth-order valence-electron chi connectivity index (χ4n) is 4.97. The number of hydrogen-bond donors (Lipinski definition) is 1. The van der Waals surface area contributed by atoms with Crippen LogP contribution in [0.25, 0.3) is 16.7 Å². The van der Waals surface area contributed by atoms with Crippen molar-refractivity contribution < 1.29 is 6.11 Å². The van der Waals surface area contributed by atoms with E-state index in [1.807, 2.05) is 30.3 Å². The molecule has 2 aromatic carbocycles. The molecule has 4 heterocycles. The van der Waals surface area contributed by atoms with Crippen LogP contribution in [0.1, 0.15) is 12.5 Å². The van der Waals surface area contributed by atoms with Gasteiger partial charge in [-0.3, -0.25) is 14.3 Å². The van der Waals surface area contributed by atoms with E-state index in [2.05, 4.69) is 50.2 Å². The van der Waals surface area contributed by atoms with E-state index in [9.17, 15) is 4.79 Å². The molecule has 0 saturated carbocycles. The maximum absolute atomic E-state index is 14.0. The predicted octanol–water partition coefficient (Wildman–Crippen LogP) is 3.48. The SMILES string of the molecule is [2H]c1ncc2cc(N3CCNc4c(C)cccc43)c(=O)n(-c3ccc(CN4CCOCC4)cc3)c2n1. The number of nitrogens with one attached hydrogen (secondary N) is 1. The molecule has 1 saturated heterocycles. The van der Waals surface area contributed by atoms with Crippen LogP contribution in [0.4, 0.5) is 17.1 Å². The summed E-state index contributed by atoms with van der Waals surface area (Å²) < 4.78 is 15.0. The number of aryl methyl sites for hydroxylation is 1. The molecule has 2 aliphatic rings. The lowest BCUT2D eigenvalue weighted by atomic mass is 10.1. The van der Waals surface area contributed by atoms with Crippen molar-refractivity contribution in [2.75, 3.05) is 49.6 Å². The number of nitrogens with zero attached hydrogens (tertiary/aromatic N) is 5. The fraction of sp³-hybridized carbons (Fsp3) is 0.296. The van der Waals surface area contributed by atoms with E-state index in [0.717, 1.165) is 62.0 Å². The number of benzene rings is 2. The Morgan fingerprint density at radius 2 is 1.91 bits per heavy atom. The molecule has 0 unspecified atom stereocenters. The summed E-state index contributed by atoms with van der Waals surface area (Å²) in [6.07, 6.45) is 1.51. The molecule has 1 fully saturated rings. The number of ether oxygens (including phenoxy) is 1. The fourth-order valence-corrected chi connectivity index (χ4v) is 4.97. The summed E-state index contributed by atoms with van der Waals surface area (Å²) in [6.45, 7) is 7.66. The lowest BCUT2D eigenvalue weighted by molar-refractivity contribution is 0.0342. The van der Waals surface area contributed by atoms with Crippen molar-refractivity contribution >= 4 is 28.1 Å². The van der Waals surface area contributed by atoms with Gasteiger partial charge in [0.1, 0.15) is 13.4 Å². The van der Waals surface area contributed by atoms with Gasteiger partial charge in [-0.2, -0.15) is 0 Å². The Bertz CT molecular complexity index is 1480. The zero-order valence-electron chi connectivity index (χ0n) is 20.7. The summed E-state index contributed by atoms with van der Waals surface area (Å²) in [5.41, 5.74) is 5.88. The first kappa shape index (κ1) is 20.6. The standard InChI is InChI=1S/C27H28N6O2/c1-19-3-2-4-23-25(19)29-9-10-32(23)24-15-21-16-28-18-30-26(21)33(27(24)34)22-7-5-20(6-8-22)17-31-11-13-35-14-12-31/h2-8,15-16,18,29H,9-14,17H2,1H3/i18D. The second kappa shape index (κ2) is 9.13. The van der Waals surface area contributed by atoms with Crippen LogP contribution < -0.4 is 15.8 Å². The molecule has 8 heteroatoms. The molecule has 4 aromatic rings. The molecule has 0 amide bonds. The molecule has 2 aliphatic heterocycles. The zero-order chi connectivity index (χ0) is 24.6. The molecule has 1 N–H and O–H groups in total. The Labute approximate surface area is 205 Å². The number of aromatic nitrogens is 3. The van der Waals surface area contributed by atoms with E-state index in [1.54, 1.807) is 10.8 Å². The molecular formula is C27H28N6O2. The van der Waals surface area contributed by atoms with Crippen molar-refractivity contribution in [3.8, 4) is 5.69 Å². The highest BCUT2D eigenvalue weighted by atomic mass is 16.5. The number of anilines is 3. The van der Waals surface area contributed by atoms with Crippen molar-refractivity contribution in [2.45, 2.75) is 13.5 Å². The minimum atomic E-state index is -0.170. The minimum absolute atomic E-state index is 0.115. The van der Waals surface area contributed by atoms with E-state index in [4.69, 9.17) is 6.11 Å². The largest absolute Gasteiger partial charge is 0.381 e. The predicted molar refractivity (Wildman–Crippen MR) is 138 cm³/mol. The lowest BCUT2D eigenvalue weighted by Crippen LogP contribution is -2.36. The molecule has 0 aliphatic carbocycles. The van der Waals surface area contributed by atoms with Crippen molar-refractivity contribution in [1.82, 2.24) is 19.4 Å². The summed E-state index contributed by atoms with van der Waals surface area (Å²) in [7, 11) is 0. The van der Waals surface area contributed by atoms with Crippen LogP contribution in [0.15, 0.2) is 65.8 Å². The Morgan fingerprint density at radius 1 is 1.09 bits per heavy atom. The van der Waals surface area contributed by atoms with E-state index in [-0.39, 0.29) is 11.9 Å². The monoisotopic (exact) mass is 469 g/mol. The van der Waals surface area contributed by atoms with E-state index < -0.39 is 0 Å². The molecule has 8 nitrogen and oxygen atoms in total. The second-order valence-corrected chi connectivity index (χ2v) is 9.02. The first-order valence-corrected chi connectivity index (χ1v) is 12.0. The average molecular weight is 470 g/mol. The van der Waals surface area contributed by atoms with Crippen LogP contribution in [-0.2, 0) is 11.3 Å². The maximum Gasteiger partial charge on any atom is 0.280 e. The van der Waals surface area contributed by atoms with Crippen LogP contribution in [0.5, 0.6) is 0 Å². The quantitative estimate of drug-likeness (QED) is 0.490. The van der Waals surface area contributed by atoms with Gasteiger partial charge in [0.2, 0.25) is 0 Å². The smallest absolute Gasteiger partial charge is 0.280 e. The zero-order valence-corrected chi connectivity index (χ0v) is 19.7. The van der Waals surface area contributed by atoms with Crippen LogP contribution >= 0.6 is 0 Å². The summed E-state index contributed by atoms with van der Waals surface area (Å²) >= 11 is 0. The van der Waals surface area contributed by atoms with Gasteiger partial charge < -0.3 is 15.0 Å². The maximum atomic E-state index is 14.0.